The summed E-state index contributed by atoms with van der Waals surface area (Å²) in [6, 6.07) is -0.848. The van der Waals surface area contributed by atoms with Gasteiger partial charge in [-0.15, -0.1) is 0 Å². The normalized spacial score (nSPS) is 14.6. The van der Waals surface area contributed by atoms with Gasteiger partial charge in [-0.25, -0.2) is 9.59 Å². The van der Waals surface area contributed by atoms with E-state index in [-0.39, 0.29) is 41.7 Å². The van der Waals surface area contributed by atoms with Crippen LogP contribution in [0.25, 0.3) is 0 Å². The van der Waals surface area contributed by atoms with Gasteiger partial charge < -0.3 is 24.8 Å². The highest BCUT2D eigenvalue weighted by Crippen LogP contribution is 2.37. The number of carbonyl (C=O) groups excluding carboxylic acids is 5. The quantitative estimate of drug-likeness (QED) is 0.347. The molecule has 1 aliphatic rings. The number of benzene rings is 1. The van der Waals surface area contributed by atoms with Gasteiger partial charge in [0.1, 0.15) is 0 Å². The van der Waals surface area contributed by atoms with Crippen molar-refractivity contribution in [2.75, 3.05) is 19.6 Å². The molecule has 0 aromatic heterocycles. The number of hydrogen-bond donors (Lipinski definition) is 2. The lowest BCUT2D eigenvalue weighted by Gasteiger charge is -2.32. The van der Waals surface area contributed by atoms with Gasteiger partial charge in [-0.1, -0.05) is 11.6 Å². The van der Waals surface area contributed by atoms with Crippen LogP contribution >= 0.6 is 11.6 Å². The zero-order chi connectivity index (χ0) is 24.2. The van der Waals surface area contributed by atoms with E-state index in [9.17, 15) is 33.9 Å². The molecule has 1 aliphatic heterocycles. The van der Waals surface area contributed by atoms with Crippen LogP contribution in [0.1, 0.15) is 32.4 Å². The lowest BCUT2D eigenvalue weighted by Crippen LogP contribution is -2.58. The number of nitrogens with zero attached hydrogens (tertiary/aromatic N) is 2. The number of imide groups is 1. The Balaban J connectivity index is 2.37. The highest BCUT2D eigenvalue weighted by Gasteiger charge is 2.37. The number of nitrogens with one attached hydrogen (secondary N) is 1. The Bertz CT molecular complexity index is 995. The molecule has 12 nitrogen and oxygen atoms in total. The SMILES string of the molecule is CCN1CCN(C(=O)N[C@H](C(=O)O)c2cc(OC(C)=O)c(OC(C)=O)cc2Cl)C(=O)C1=O. The van der Waals surface area contributed by atoms with Crippen molar-refractivity contribution in [2.45, 2.75) is 26.8 Å². The molecular weight excluding hydrogens is 450 g/mol. The molecule has 0 radical (unpaired) electrons. The van der Waals surface area contributed by atoms with Crippen LogP contribution in [-0.2, 0) is 24.0 Å². The van der Waals surface area contributed by atoms with E-state index in [2.05, 4.69) is 5.32 Å². The van der Waals surface area contributed by atoms with Crippen LogP contribution in [0.5, 0.6) is 11.5 Å². The smallest absolute Gasteiger partial charge is 0.331 e. The largest absolute Gasteiger partial charge is 0.479 e. The summed E-state index contributed by atoms with van der Waals surface area (Å²) in [5.41, 5.74) is -0.217. The molecule has 1 atom stereocenters. The van der Waals surface area contributed by atoms with Crippen LogP contribution in [0.2, 0.25) is 5.02 Å². The van der Waals surface area contributed by atoms with Crippen LogP contribution in [0.15, 0.2) is 12.1 Å². The Labute approximate surface area is 187 Å². The summed E-state index contributed by atoms with van der Waals surface area (Å²) < 4.78 is 9.87. The highest BCUT2D eigenvalue weighted by molar-refractivity contribution is 6.38. The summed E-state index contributed by atoms with van der Waals surface area (Å²) in [6.45, 7) is 4.08. The van der Waals surface area contributed by atoms with Crippen molar-refractivity contribution in [1.82, 2.24) is 15.1 Å². The van der Waals surface area contributed by atoms with Crippen molar-refractivity contribution >= 4 is 47.4 Å². The van der Waals surface area contributed by atoms with Gasteiger partial charge in [0.2, 0.25) is 0 Å². The monoisotopic (exact) mass is 469 g/mol. The van der Waals surface area contributed by atoms with Crippen LogP contribution in [0.4, 0.5) is 4.79 Å². The van der Waals surface area contributed by atoms with E-state index in [0.717, 1.165) is 26.0 Å². The minimum atomic E-state index is -1.79. The molecule has 1 fully saturated rings. The number of urea groups is 1. The van der Waals surface area contributed by atoms with Gasteiger partial charge >= 0.3 is 35.8 Å². The number of rotatable bonds is 6. The van der Waals surface area contributed by atoms with E-state index in [1.165, 1.54) is 4.90 Å². The van der Waals surface area contributed by atoms with Gasteiger partial charge in [0, 0.05) is 45.1 Å². The summed E-state index contributed by atoms with van der Waals surface area (Å²) in [7, 11) is 0. The van der Waals surface area contributed by atoms with Crippen LogP contribution in [0, 0.1) is 0 Å². The number of carbonyl (C=O) groups is 6. The Morgan fingerprint density at radius 3 is 2.12 bits per heavy atom. The third-order valence-corrected chi connectivity index (χ3v) is 4.66. The first-order valence-corrected chi connectivity index (χ1v) is 9.68. The lowest BCUT2D eigenvalue weighted by molar-refractivity contribution is -0.153. The van der Waals surface area contributed by atoms with Gasteiger partial charge in [0.15, 0.2) is 17.5 Å². The molecule has 0 bridgehead atoms. The van der Waals surface area contributed by atoms with Crippen molar-refractivity contribution in [1.29, 1.82) is 0 Å². The minimum Gasteiger partial charge on any atom is -0.479 e. The number of likely N-dealkylation sites (N-methyl/N-ethyl adjacent to an activating group) is 1. The number of amides is 4. The van der Waals surface area contributed by atoms with Gasteiger partial charge in [-0.3, -0.25) is 24.1 Å². The maximum absolute atomic E-state index is 12.6. The Morgan fingerprint density at radius 1 is 1.06 bits per heavy atom. The van der Waals surface area contributed by atoms with Crippen molar-refractivity contribution < 1.29 is 43.3 Å². The second kappa shape index (κ2) is 10.1. The number of ether oxygens (including phenoxy) is 2. The minimum absolute atomic E-state index is 0.0979. The van der Waals surface area contributed by atoms with Crippen molar-refractivity contribution in [2.24, 2.45) is 0 Å². The predicted octanol–water partition coefficient (Wildman–Crippen LogP) is 0.717. The molecule has 32 heavy (non-hydrogen) atoms. The van der Waals surface area contributed by atoms with Crippen molar-refractivity contribution in [3.63, 3.8) is 0 Å². The van der Waals surface area contributed by atoms with E-state index in [0.29, 0.717) is 4.90 Å². The average molecular weight is 470 g/mol. The molecule has 1 saturated heterocycles. The molecule has 2 rings (SSSR count). The molecule has 13 heteroatoms. The van der Waals surface area contributed by atoms with Crippen molar-refractivity contribution in [3.05, 3.63) is 22.7 Å². The summed E-state index contributed by atoms with van der Waals surface area (Å²) in [4.78, 5) is 73.2. The Kier molecular flexibility index (Phi) is 7.76. The van der Waals surface area contributed by atoms with E-state index >= 15 is 0 Å². The summed E-state index contributed by atoms with van der Waals surface area (Å²) in [5, 5.41) is 11.5. The van der Waals surface area contributed by atoms with E-state index < -0.39 is 41.8 Å². The topological polar surface area (TPSA) is 160 Å². The number of halogens is 1. The predicted molar refractivity (Wildman–Crippen MR) is 107 cm³/mol. The first-order valence-electron chi connectivity index (χ1n) is 9.30. The second-order valence-electron chi connectivity index (χ2n) is 6.57. The zero-order valence-corrected chi connectivity index (χ0v) is 18.1. The molecule has 4 amide bonds. The number of piperazine rings is 1. The number of carboxylic acids is 1. The van der Waals surface area contributed by atoms with E-state index in [4.69, 9.17) is 21.1 Å². The molecule has 0 spiro atoms. The van der Waals surface area contributed by atoms with E-state index in [1.807, 2.05) is 0 Å². The molecule has 1 aromatic rings. The third kappa shape index (κ3) is 5.52. The fraction of sp³-hybridized carbons (Fsp3) is 0.368. The number of esters is 2. The Hall–Kier alpha value is -3.67. The number of hydrogen-bond acceptors (Lipinski definition) is 8. The van der Waals surface area contributed by atoms with Crippen LogP contribution < -0.4 is 14.8 Å². The fourth-order valence-corrected chi connectivity index (χ4v) is 3.15. The van der Waals surface area contributed by atoms with Crippen molar-refractivity contribution in [3.8, 4) is 11.5 Å². The maximum Gasteiger partial charge on any atom is 0.331 e. The molecule has 1 heterocycles. The molecule has 0 unspecified atom stereocenters. The molecule has 1 aromatic carbocycles. The lowest BCUT2D eigenvalue weighted by atomic mass is 10.1. The van der Waals surface area contributed by atoms with Gasteiger partial charge in [-0.2, -0.15) is 0 Å². The van der Waals surface area contributed by atoms with Crippen LogP contribution in [-0.4, -0.2) is 70.3 Å². The van der Waals surface area contributed by atoms with Gasteiger partial charge in [-0.05, 0) is 13.0 Å². The third-order valence-electron chi connectivity index (χ3n) is 4.33. The summed E-state index contributed by atoms with van der Waals surface area (Å²) in [5.74, 6) is -5.64. The average Bonchev–Trinajstić information content (AvgIpc) is 2.69. The first-order chi connectivity index (χ1) is 15.0. The van der Waals surface area contributed by atoms with Gasteiger partial charge in [0.25, 0.3) is 0 Å². The molecular formula is C19H20ClN3O9. The summed E-state index contributed by atoms with van der Waals surface area (Å²) in [6.07, 6.45) is 0. The van der Waals surface area contributed by atoms with Gasteiger partial charge in [0.05, 0.1) is 5.02 Å². The first kappa shape index (κ1) is 24.6. The Morgan fingerprint density at radius 2 is 1.62 bits per heavy atom. The number of carboxylic acid groups (broad SMARTS) is 1. The maximum atomic E-state index is 12.6. The molecule has 0 aliphatic carbocycles. The molecule has 0 saturated carbocycles. The van der Waals surface area contributed by atoms with E-state index in [1.54, 1.807) is 6.92 Å². The molecule has 172 valence electrons. The zero-order valence-electron chi connectivity index (χ0n) is 17.3. The second-order valence-corrected chi connectivity index (χ2v) is 6.98. The fourth-order valence-electron chi connectivity index (χ4n) is 2.89. The highest BCUT2D eigenvalue weighted by atomic mass is 35.5. The number of aliphatic carboxylic acids is 1. The molecule has 2 N–H and O–H groups in total. The van der Waals surface area contributed by atoms with Crippen LogP contribution in [0.3, 0.4) is 0 Å². The standard InChI is InChI=1S/C19H20ClN3O9/c1-4-22-5-6-23(17(27)16(22)26)19(30)21-15(18(28)29)11-7-13(31-9(2)24)14(8-12(11)20)32-10(3)25/h7-8,15H,4-6H2,1-3H3,(H,21,30)(H,28,29)/t15-/m0/s1. The summed E-state index contributed by atoms with van der Waals surface area (Å²) >= 11 is 6.13.